The molecule has 0 amide bonds. The molecule has 0 aliphatic carbocycles. The fourth-order valence-electron chi connectivity index (χ4n) is 4.17. The lowest BCUT2D eigenvalue weighted by Gasteiger charge is -2.35. The van der Waals surface area contributed by atoms with E-state index in [-0.39, 0.29) is 6.04 Å². The van der Waals surface area contributed by atoms with E-state index in [1.807, 2.05) is 10.7 Å². The van der Waals surface area contributed by atoms with Crippen LogP contribution in [-0.2, 0) is 19.5 Å². The number of tetrazole rings is 1. The molecule has 0 saturated carbocycles. The van der Waals surface area contributed by atoms with Gasteiger partial charge in [-0.2, -0.15) is 0 Å². The maximum absolute atomic E-state index is 4.48. The van der Waals surface area contributed by atoms with Crippen LogP contribution in [0.3, 0.4) is 0 Å². The van der Waals surface area contributed by atoms with Crippen LogP contribution < -0.4 is 0 Å². The van der Waals surface area contributed by atoms with Gasteiger partial charge in [-0.05, 0) is 39.1 Å². The number of aromatic nitrogens is 4. The first-order chi connectivity index (χ1) is 14.4. The summed E-state index contributed by atoms with van der Waals surface area (Å²) in [7, 11) is 0. The average Bonchev–Trinajstić information content (AvgIpc) is 3.23. The van der Waals surface area contributed by atoms with E-state index in [1.165, 1.54) is 22.3 Å². The Bertz CT molecular complexity index is 1070. The summed E-state index contributed by atoms with van der Waals surface area (Å²) < 4.78 is 1.94. The van der Waals surface area contributed by atoms with Gasteiger partial charge in [0.2, 0.25) is 0 Å². The third-order valence-corrected chi connectivity index (χ3v) is 5.62. The first kappa shape index (κ1) is 17.8. The quantitative estimate of drug-likeness (QED) is 0.527. The Hall–Kier alpha value is -3.31. The molecule has 4 aromatic rings. The second-order valence-corrected chi connectivity index (χ2v) is 7.48. The summed E-state index contributed by atoms with van der Waals surface area (Å²) >= 11 is 0. The average molecular weight is 381 g/mol. The summed E-state index contributed by atoms with van der Waals surface area (Å²) in [4.78, 5) is 2.49. The molecule has 0 radical (unpaired) electrons. The van der Waals surface area contributed by atoms with Gasteiger partial charge in [0.25, 0.3) is 0 Å². The largest absolute Gasteiger partial charge is 0.285 e. The van der Waals surface area contributed by atoms with E-state index in [4.69, 9.17) is 0 Å². The third-order valence-electron chi connectivity index (χ3n) is 5.62. The van der Waals surface area contributed by atoms with Gasteiger partial charge >= 0.3 is 0 Å². The maximum Gasteiger partial charge on any atom is 0.173 e. The molecule has 0 saturated heterocycles. The summed E-state index contributed by atoms with van der Waals surface area (Å²) in [6.07, 6.45) is 1.04. The molecular weight excluding hydrogens is 358 g/mol. The van der Waals surface area contributed by atoms with Crippen molar-refractivity contribution < 1.29 is 0 Å². The Morgan fingerprint density at radius 2 is 1.48 bits per heavy atom. The molecule has 1 unspecified atom stereocenters. The molecular formula is C24H23N5. The van der Waals surface area contributed by atoms with Crippen LogP contribution in [-0.4, -0.2) is 31.7 Å². The van der Waals surface area contributed by atoms with E-state index in [2.05, 4.69) is 99.3 Å². The zero-order valence-corrected chi connectivity index (χ0v) is 16.2. The topological polar surface area (TPSA) is 46.8 Å². The molecule has 5 heteroatoms. The Morgan fingerprint density at radius 1 is 0.793 bits per heavy atom. The second kappa shape index (κ2) is 7.97. The summed E-state index contributed by atoms with van der Waals surface area (Å²) in [5.41, 5.74) is 5.24. The molecule has 1 aromatic heterocycles. The first-order valence-corrected chi connectivity index (χ1v) is 10.0. The van der Waals surface area contributed by atoms with Gasteiger partial charge in [-0.3, -0.25) is 4.90 Å². The number of benzene rings is 3. The normalized spacial score (nSPS) is 15.0. The molecule has 0 bridgehead atoms. The molecule has 5 rings (SSSR count). The first-order valence-electron chi connectivity index (χ1n) is 10.0. The van der Waals surface area contributed by atoms with Gasteiger partial charge in [0.15, 0.2) is 5.82 Å². The van der Waals surface area contributed by atoms with Crippen LogP contribution in [0.4, 0.5) is 0 Å². The number of fused-ring (bicyclic) bond motifs is 1. The highest BCUT2D eigenvalue weighted by atomic mass is 15.5. The molecule has 1 aliphatic rings. The van der Waals surface area contributed by atoms with Gasteiger partial charge in [0.05, 0.1) is 12.6 Å². The van der Waals surface area contributed by atoms with E-state index >= 15 is 0 Å². The lowest BCUT2D eigenvalue weighted by Crippen LogP contribution is -2.36. The molecule has 0 fully saturated rings. The highest BCUT2D eigenvalue weighted by molar-refractivity contribution is 5.32. The van der Waals surface area contributed by atoms with Crippen molar-refractivity contribution in [2.24, 2.45) is 0 Å². The predicted molar refractivity (Wildman–Crippen MR) is 112 cm³/mol. The lowest BCUT2D eigenvalue weighted by molar-refractivity contribution is 0.195. The smallest absolute Gasteiger partial charge is 0.173 e. The van der Waals surface area contributed by atoms with E-state index in [0.29, 0.717) is 6.54 Å². The van der Waals surface area contributed by atoms with Crippen LogP contribution >= 0.6 is 0 Å². The number of hydrogen-bond donors (Lipinski definition) is 0. The summed E-state index contributed by atoms with van der Waals surface area (Å²) in [6, 6.07) is 29.7. The minimum absolute atomic E-state index is 0.0169. The van der Waals surface area contributed by atoms with Crippen molar-refractivity contribution >= 4 is 0 Å². The van der Waals surface area contributed by atoms with E-state index < -0.39 is 0 Å². The minimum atomic E-state index is 0.0169. The number of hydrogen-bond acceptors (Lipinski definition) is 4. The van der Waals surface area contributed by atoms with Crippen molar-refractivity contribution in [3.63, 3.8) is 0 Å². The zero-order valence-electron chi connectivity index (χ0n) is 16.2. The SMILES string of the molecule is c1ccc(Cn2nnnc2C(c2ccccc2)N2CCc3ccccc3C2)cc1. The maximum atomic E-state index is 4.48. The zero-order chi connectivity index (χ0) is 19.5. The predicted octanol–water partition coefficient (Wildman–Crippen LogP) is 3.87. The van der Waals surface area contributed by atoms with Crippen LogP contribution in [0.5, 0.6) is 0 Å². The Morgan fingerprint density at radius 3 is 2.28 bits per heavy atom. The number of rotatable bonds is 5. The van der Waals surface area contributed by atoms with Gasteiger partial charge in [-0.1, -0.05) is 84.9 Å². The minimum Gasteiger partial charge on any atom is -0.285 e. The van der Waals surface area contributed by atoms with Crippen molar-refractivity contribution in [2.75, 3.05) is 6.54 Å². The Labute approximate surface area is 170 Å². The van der Waals surface area contributed by atoms with Gasteiger partial charge in [-0.15, -0.1) is 5.10 Å². The molecule has 0 N–H and O–H groups in total. The molecule has 2 heterocycles. The standard InChI is InChI=1S/C24H23N5/c1-3-9-19(10-4-1)17-29-24(25-26-27-29)23(21-12-5-2-6-13-21)28-16-15-20-11-7-8-14-22(20)18-28/h1-14,23H,15-18H2. The van der Waals surface area contributed by atoms with Crippen molar-refractivity contribution in [1.82, 2.24) is 25.1 Å². The van der Waals surface area contributed by atoms with E-state index in [9.17, 15) is 0 Å². The monoisotopic (exact) mass is 381 g/mol. The fourth-order valence-corrected chi connectivity index (χ4v) is 4.17. The third kappa shape index (κ3) is 3.69. The van der Waals surface area contributed by atoms with Gasteiger partial charge in [-0.25, -0.2) is 4.68 Å². The van der Waals surface area contributed by atoms with Crippen LogP contribution in [0.2, 0.25) is 0 Å². The van der Waals surface area contributed by atoms with Gasteiger partial charge in [0.1, 0.15) is 0 Å². The lowest BCUT2D eigenvalue weighted by atomic mass is 9.96. The van der Waals surface area contributed by atoms with Gasteiger partial charge in [0, 0.05) is 13.1 Å². The van der Waals surface area contributed by atoms with E-state index in [1.54, 1.807) is 0 Å². The molecule has 0 spiro atoms. The highest BCUT2D eigenvalue weighted by Crippen LogP contribution is 2.32. The van der Waals surface area contributed by atoms with Crippen molar-refractivity contribution in [1.29, 1.82) is 0 Å². The van der Waals surface area contributed by atoms with Crippen LogP contribution in [0, 0.1) is 0 Å². The molecule has 1 atom stereocenters. The molecule has 144 valence electrons. The van der Waals surface area contributed by atoms with Crippen molar-refractivity contribution in [3.05, 3.63) is 113 Å². The molecule has 29 heavy (non-hydrogen) atoms. The number of nitrogens with zero attached hydrogens (tertiary/aromatic N) is 5. The van der Waals surface area contributed by atoms with Crippen molar-refractivity contribution in [2.45, 2.75) is 25.6 Å². The molecule has 3 aromatic carbocycles. The Kier molecular flexibility index (Phi) is 4.88. The van der Waals surface area contributed by atoms with Gasteiger partial charge < -0.3 is 0 Å². The molecule has 1 aliphatic heterocycles. The van der Waals surface area contributed by atoms with Crippen molar-refractivity contribution in [3.8, 4) is 0 Å². The summed E-state index contributed by atoms with van der Waals surface area (Å²) in [5, 5.41) is 12.8. The highest BCUT2D eigenvalue weighted by Gasteiger charge is 2.30. The summed E-state index contributed by atoms with van der Waals surface area (Å²) in [5.74, 6) is 0.888. The van der Waals surface area contributed by atoms with Crippen LogP contribution in [0.15, 0.2) is 84.9 Å². The van der Waals surface area contributed by atoms with E-state index in [0.717, 1.165) is 25.3 Å². The van der Waals surface area contributed by atoms with Crippen LogP contribution in [0.1, 0.15) is 34.1 Å². The summed E-state index contributed by atoms with van der Waals surface area (Å²) in [6.45, 7) is 2.54. The van der Waals surface area contributed by atoms with Crippen LogP contribution in [0.25, 0.3) is 0 Å². The Balaban J connectivity index is 1.52. The molecule has 5 nitrogen and oxygen atoms in total. The fraction of sp³-hybridized carbons (Fsp3) is 0.208. The second-order valence-electron chi connectivity index (χ2n) is 7.48.